The van der Waals surface area contributed by atoms with Crippen LogP contribution in [0, 0.1) is 5.92 Å². The van der Waals surface area contributed by atoms with Crippen molar-refractivity contribution >= 4 is 29.0 Å². The molecule has 0 spiro atoms. The predicted octanol–water partition coefficient (Wildman–Crippen LogP) is 3.61. The third-order valence-electron chi connectivity index (χ3n) is 3.04. The van der Waals surface area contributed by atoms with Crippen molar-refractivity contribution in [3.63, 3.8) is 0 Å². The normalized spacial score (nSPS) is 19.6. The topological polar surface area (TPSA) is 35.5 Å². The number of ether oxygens (including phenoxy) is 2. The van der Waals surface area contributed by atoms with Crippen molar-refractivity contribution in [2.75, 3.05) is 20.3 Å². The van der Waals surface area contributed by atoms with Crippen LogP contribution in [0.15, 0.2) is 12.1 Å². The quantitative estimate of drug-likeness (QED) is 0.797. The van der Waals surface area contributed by atoms with Gasteiger partial charge in [-0.15, -0.1) is 0 Å². The Kier molecular flexibility index (Phi) is 4.49. The first-order chi connectivity index (χ1) is 8.63. The van der Waals surface area contributed by atoms with E-state index in [1.165, 1.54) is 7.11 Å². The molecule has 1 saturated heterocycles. The summed E-state index contributed by atoms with van der Waals surface area (Å²) in [5, 5.41) is 0.758. The molecule has 1 aromatic rings. The molecule has 1 aliphatic rings. The SMILES string of the molecule is COc1cc(Cl)c(C(=O)C2CCCOC2)cc1Cl. The highest BCUT2D eigenvalue weighted by Crippen LogP contribution is 2.33. The summed E-state index contributed by atoms with van der Waals surface area (Å²) in [6.45, 7) is 1.18. The molecule has 1 heterocycles. The maximum absolute atomic E-state index is 12.3. The van der Waals surface area contributed by atoms with E-state index >= 15 is 0 Å². The van der Waals surface area contributed by atoms with Gasteiger partial charge in [0, 0.05) is 24.2 Å². The minimum atomic E-state index is -0.124. The first-order valence-electron chi connectivity index (χ1n) is 5.78. The number of Topliss-reactive ketones (excluding diaryl/α,β-unsaturated/α-hetero) is 1. The number of carbonyl (C=O) groups excluding carboxylic acids is 1. The minimum Gasteiger partial charge on any atom is -0.495 e. The first-order valence-corrected chi connectivity index (χ1v) is 6.54. The second-order valence-electron chi connectivity index (χ2n) is 4.24. The molecule has 1 atom stereocenters. The van der Waals surface area contributed by atoms with Crippen LogP contribution in [0.25, 0.3) is 0 Å². The van der Waals surface area contributed by atoms with Gasteiger partial charge in [-0.05, 0) is 18.9 Å². The highest BCUT2D eigenvalue weighted by molar-refractivity contribution is 6.36. The second-order valence-corrected chi connectivity index (χ2v) is 5.06. The van der Waals surface area contributed by atoms with E-state index in [0.717, 1.165) is 19.4 Å². The summed E-state index contributed by atoms with van der Waals surface area (Å²) in [5.74, 6) is 0.336. The van der Waals surface area contributed by atoms with Gasteiger partial charge < -0.3 is 9.47 Å². The summed E-state index contributed by atoms with van der Waals surface area (Å²) in [6.07, 6.45) is 1.73. The molecule has 1 aromatic carbocycles. The van der Waals surface area contributed by atoms with E-state index in [0.29, 0.717) is 28.0 Å². The van der Waals surface area contributed by atoms with E-state index in [-0.39, 0.29) is 11.7 Å². The maximum atomic E-state index is 12.3. The number of hydrogen-bond donors (Lipinski definition) is 0. The van der Waals surface area contributed by atoms with Crippen LogP contribution >= 0.6 is 23.2 Å². The zero-order valence-corrected chi connectivity index (χ0v) is 11.6. The van der Waals surface area contributed by atoms with Crippen LogP contribution in [0.3, 0.4) is 0 Å². The van der Waals surface area contributed by atoms with Crippen molar-refractivity contribution in [2.45, 2.75) is 12.8 Å². The predicted molar refractivity (Wildman–Crippen MR) is 70.9 cm³/mol. The van der Waals surface area contributed by atoms with Crippen LogP contribution in [0.1, 0.15) is 23.2 Å². The number of hydrogen-bond acceptors (Lipinski definition) is 3. The third kappa shape index (κ3) is 2.79. The van der Waals surface area contributed by atoms with Crippen molar-refractivity contribution in [1.82, 2.24) is 0 Å². The Morgan fingerprint density at radius 1 is 1.39 bits per heavy atom. The molecule has 3 nitrogen and oxygen atoms in total. The third-order valence-corrected chi connectivity index (χ3v) is 3.65. The van der Waals surface area contributed by atoms with Crippen molar-refractivity contribution < 1.29 is 14.3 Å². The van der Waals surface area contributed by atoms with Crippen molar-refractivity contribution in [2.24, 2.45) is 5.92 Å². The summed E-state index contributed by atoms with van der Waals surface area (Å²) in [5.41, 5.74) is 0.443. The zero-order chi connectivity index (χ0) is 13.1. The fourth-order valence-electron chi connectivity index (χ4n) is 2.04. The van der Waals surface area contributed by atoms with Crippen molar-refractivity contribution in [3.8, 4) is 5.75 Å². The second kappa shape index (κ2) is 5.91. The van der Waals surface area contributed by atoms with Gasteiger partial charge in [0.1, 0.15) is 5.75 Å². The smallest absolute Gasteiger partial charge is 0.169 e. The van der Waals surface area contributed by atoms with Gasteiger partial charge >= 0.3 is 0 Å². The number of benzene rings is 1. The summed E-state index contributed by atoms with van der Waals surface area (Å²) in [4.78, 5) is 12.3. The van der Waals surface area contributed by atoms with Gasteiger partial charge in [0.15, 0.2) is 5.78 Å². The highest BCUT2D eigenvalue weighted by atomic mass is 35.5. The van der Waals surface area contributed by atoms with Gasteiger partial charge in [0.25, 0.3) is 0 Å². The van der Waals surface area contributed by atoms with Crippen LogP contribution in [-0.2, 0) is 4.74 Å². The number of carbonyl (C=O) groups is 1. The van der Waals surface area contributed by atoms with Crippen molar-refractivity contribution in [3.05, 3.63) is 27.7 Å². The minimum absolute atomic E-state index is 0.00995. The highest BCUT2D eigenvalue weighted by Gasteiger charge is 2.25. The summed E-state index contributed by atoms with van der Waals surface area (Å²) in [6, 6.07) is 3.14. The van der Waals surface area contributed by atoms with E-state index in [4.69, 9.17) is 32.7 Å². The standard InChI is InChI=1S/C13H14Cl2O3/c1-17-12-6-10(14)9(5-11(12)15)13(16)8-3-2-4-18-7-8/h5-6,8H,2-4,7H2,1H3. The summed E-state index contributed by atoms with van der Waals surface area (Å²) < 4.78 is 10.4. The number of rotatable bonds is 3. The Labute approximate surface area is 116 Å². The van der Waals surface area contributed by atoms with Crippen LogP contribution in [0.5, 0.6) is 5.75 Å². The molecule has 0 aromatic heterocycles. The molecule has 2 rings (SSSR count). The fourth-order valence-corrected chi connectivity index (χ4v) is 2.53. The van der Waals surface area contributed by atoms with Crippen LogP contribution < -0.4 is 4.74 Å². The van der Waals surface area contributed by atoms with E-state index in [2.05, 4.69) is 0 Å². The first kappa shape index (κ1) is 13.7. The number of ketones is 1. The lowest BCUT2D eigenvalue weighted by Gasteiger charge is -2.21. The van der Waals surface area contributed by atoms with E-state index in [1.807, 2.05) is 0 Å². The van der Waals surface area contributed by atoms with Crippen LogP contribution in [0.4, 0.5) is 0 Å². The molecular weight excluding hydrogens is 275 g/mol. The Morgan fingerprint density at radius 3 is 2.78 bits per heavy atom. The summed E-state index contributed by atoms with van der Waals surface area (Å²) >= 11 is 12.1. The van der Waals surface area contributed by atoms with Crippen molar-refractivity contribution in [1.29, 1.82) is 0 Å². The Bertz CT molecular complexity index is 454. The van der Waals surface area contributed by atoms with E-state index in [1.54, 1.807) is 12.1 Å². The molecule has 0 radical (unpaired) electrons. The molecule has 0 saturated carbocycles. The molecule has 1 unspecified atom stereocenters. The largest absolute Gasteiger partial charge is 0.495 e. The molecule has 0 aliphatic carbocycles. The van der Waals surface area contributed by atoms with Gasteiger partial charge in [0.2, 0.25) is 0 Å². The molecule has 5 heteroatoms. The molecule has 98 valence electrons. The Morgan fingerprint density at radius 2 is 2.17 bits per heavy atom. The lowest BCUT2D eigenvalue weighted by atomic mass is 9.92. The van der Waals surface area contributed by atoms with Gasteiger partial charge in [0.05, 0.1) is 23.8 Å². The Hall–Kier alpha value is -0.770. The molecule has 0 amide bonds. The van der Waals surface area contributed by atoms with E-state index < -0.39 is 0 Å². The van der Waals surface area contributed by atoms with Gasteiger partial charge in [-0.25, -0.2) is 0 Å². The molecule has 18 heavy (non-hydrogen) atoms. The van der Waals surface area contributed by atoms with Crippen LogP contribution in [0.2, 0.25) is 10.0 Å². The number of halogens is 2. The maximum Gasteiger partial charge on any atom is 0.169 e. The zero-order valence-electron chi connectivity index (χ0n) is 10.0. The molecule has 1 fully saturated rings. The average molecular weight is 289 g/mol. The fraction of sp³-hybridized carbons (Fsp3) is 0.462. The number of methoxy groups -OCH3 is 1. The van der Waals surface area contributed by atoms with Gasteiger partial charge in [-0.1, -0.05) is 23.2 Å². The van der Waals surface area contributed by atoms with Gasteiger partial charge in [-0.3, -0.25) is 4.79 Å². The van der Waals surface area contributed by atoms with E-state index in [9.17, 15) is 4.79 Å². The van der Waals surface area contributed by atoms with Gasteiger partial charge in [-0.2, -0.15) is 0 Å². The molecular formula is C13H14Cl2O3. The Balaban J connectivity index is 2.27. The lowest BCUT2D eigenvalue weighted by molar-refractivity contribution is 0.0461. The lowest BCUT2D eigenvalue weighted by Crippen LogP contribution is -2.25. The monoisotopic (exact) mass is 288 g/mol. The van der Waals surface area contributed by atoms with Crippen LogP contribution in [-0.4, -0.2) is 26.1 Å². The molecule has 1 aliphatic heterocycles. The molecule has 0 N–H and O–H groups in total. The average Bonchev–Trinajstić information content (AvgIpc) is 2.41. The molecule has 0 bridgehead atoms. The summed E-state index contributed by atoms with van der Waals surface area (Å²) in [7, 11) is 1.51.